The highest BCUT2D eigenvalue weighted by molar-refractivity contribution is 6.10. The Morgan fingerprint density at radius 2 is 1.65 bits per heavy atom. The third-order valence-electron chi connectivity index (χ3n) is 5.85. The van der Waals surface area contributed by atoms with Crippen LogP contribution >= 0.6 is 0 Å². The fourth-order valence-electron chi connectivity index (χ4n) is 4.10. The van der Waals surface area contributed by atoms with E-state index in [1.807, 2.05) is 79.7 Å². The first-order chi connectivity index (χ1) is 14.9. The Labute approximate surface area is 181 Å². The standard InChI is InChI=1S/C25H25N3O3/c1-3-27(16-18-10-5-4-6-11-18)22(29)17-28-23(30)25(2,26-24(28)31)21-15-9-13-19-12-7-8-14-20(19)21/h4-15H,3,16-17H2,1-2H3,(H,26,31)/t25-/m1/s1. The van der Waals surface area contributed by atoms with Crippen molar-refractivity contribution in [2.45, 2.75) is 25.9 Å². The molecule has 6 heteroatoms. The summed E-state index contributed by atoms with van der Waals surface area (Å²) in [4.78, 5) is 41.7. The molecule has 4 amide bonds. The molecule has 0 saturated carbocycles. The van der Waals surface area contributed by atoms with Gasteiger partial charge in [0, 0.05) is 13.1 Å². The molecule has 1 aliphatic rings. The summed E-state index contributed by atoms with van der Waals surface area (Å²) in [5.74, 6) is -0.685. The van der Waals surface area contributed by atoms with Crippen LogP contribution in [0.25, 0.3) is 10.8 Å². The lowest BCUT2D eigenvalue weighted by atomic mass is 9.88. The molecule has 31 heavy (non-hydrogen) atoms. The predicted molar refractivity (Wildman–Crippen MR) is 119 cm³/mol. The Balaban J connectivity index is 1.57. The van der Waals surface area contributed by atoms with Gasteiger partial charge in [0.25, 0.3) is 5.91 Å². The van der Waals surface area contributed by atoms with Crippen LogP contribution in [0.15, 0.2) is 72.8 Å². The highest BCUT2D eigenvalue weighted by atomic mass is 16.2. The molecule has 0 radical (unpaired) electrons. The molecule has 0 aromatic heterocycles. The minimum atomic E-state index is -1.23. The third-order valence-corrected chi connectivity index (χ3v) is 5.85. The zero-order valence-electron chi connectivity index (χ0n) is 17.7. The number of carbonyl (C=O) groups is 3. The van der Waals surface area contributed by atoms with Crippen molar-refractivity contribution in [3.05, 3.63) is 83.9 Å². The summed E-state index contributed by atoms with van der Waals surface area (Å²) in [6.45, 7) is 4.21. The maximum atomic E-state index is 13.4. The van der Waals surface area contributed by atoms with Crippen LogP contribution < -0.4 is 5.32 Å². The molecule has 0 spiro atoms. The van der Waals surface area contributed by atoms with Gasteiger partial charge in [0.2, 0.25) is 5.91 Å². The lowest BCUT2D eigenvalue weighted by molar-refractivity contribution is -0.139. The van der Waals surface area contributed by atoms with Gasteiger partial charge in [-0.15, -0.1) is 0 Å². The Morgan fingerprint density at radius 3 is 2.39 bits per heavy atom. The number of fused-ring (bicyclic) bond motifs is 1. The number of carbonyl (C=O) groups excluding carboxylic acids is 3. The molecule has 0 bridgehead atoms. The van der Waals surface area contributed by atoms with Crippen LogP contribution in [0.3, 0.4) is 0 Å². The minimum absolute atomic E-state index is 0.267. The summed E-state index contributed by atoms with van der Waals surface area (Å²) in [6, 6.07) is 22.5. The van der Waals surface area contributed by atoms with Gasteiger partial charge in [0.05, 0.1) is 0 Å². The van der Waals surface area contributed by atoms with Gasteiger partial charge in [-0.3, -0.25) is 14.5 Å². The fraction of sp³-hybridized carbons (Fsp3) is 0.240. The van der Waals surface area contributed by atoms with Crippen molar-refractivity contribution >= 4 is 28.6 Å². The average molecular weight is 415 g/mol. The summed E-state index contributed by atoms with van der Waals surface area (Å²) in [7, 11) is 0. The normalized spacial score (nSPS) is 18.3. The van der Waals surface area contributed by atoms with E-state index in [4.69, 9.17) is 0 Å². The largest absolute Gasteiger partial charge is 0.337 e. The van der Waals surface area contributed by atoms with Crippen LogP contribution in [0, 0.1) is 0 Å². The van der Waals surface area contributed by atoms with Crippen molar-refractivity contribution in [2.24, 2.45) is 0 Å². The molecule has 1 heterocycles. The van der Waals surface area contributed by atoms with Crippen molar-refractivity contribution in [1.29, 1.82) is 0 Å². The second-order valence-corrected chi connectivity index (χ2v) is 7.87. The Hall–Kier alpha value is -3.67. The molecule has 0 unspecified atom stereocenters. The van der Waals surface area contributed by atoms with Gasteiger partial charge in [0.15, 0.2) is 0 Å². The summed E-state index contributed by atoms with van der Waals surface area (Å²) < 4.78 is 0. The molecular formula is C25H25N3O3. The highest BCUT2D eigenvalue weighted by Crippen LogP contribution is 2.33. The predicted octanol–water partition coefficient (Wildman–Crippen LogP) is 3.66. The molecule has 0 aliphatic carbocycles. The van der Waals surface area contributed by atoms with Crippen LogP contribution in [0.2, 0.25) is 0 Å². The lowest BCUT2D eigenvalue weighted by Crippen LogP contribution is -2.44. The fourth-order valence-corrected chi connectivity index (χ4v) is 4.10. The second kappa shape index (κ2) is 8.22. The lowest BCUT2D eigenvalue weighted by Gasteiger charge is -2.25. The molecule has 158 valence electrons. The van der Waals surface area contributed by atoms with Gasteiger partial charge in [-0.05, 0) is 35.7 Å². The first-order valence-electron chi connectivity index (χ1n) is 10.4. The van der Waals surface area contributed by atoms with Crippen molar-refractivity contribution < 1.29 is 14.4 Å². The van der Waals surface area contributed by atoms with E-state index in [0.717, 1.165) is 26.8 Å². The summed E-state index contributed by atoms with van der Waals surface area (Å²) in [5, 5.41) is 4.70. The monoisotopic (exact) mass is 415 g/mol. The third kappa shape index (κ3) is 3.77. The van der Waals surface area contributed by atoms with E-state index < -0.39 is 17.5 Å². The Kier molecular flexibility index (Phi) is 5.46. The maximum absolute atomic E-state index is 13.4. The minimum Gasteiger partial charge on any atom is -0.337 e. The van der Waals surface area contributed by atoms with E-state index in [-0.39, 0.29) is 12.5 Å². The van der Waals surface area contributed by atoms with E-state index in [1.165, 1.54) is 0 Å². The molecule has 1 saturated heterocycles. The molecule has 3 aromatic rings. The van der Waals surface area contributed by atoms with E-state index in [1.54, 1.807) is 11.8 Å². The van der Waals surface area contributed by atoms with Crippen molar-refractivity contribution in [1.82, 2.24) is 15.1 Å². The number of nitrogens with one attached hydrogen (secondary N) is 1. The molecule has 1 aliphatic heterocycles. The average Bonchev–Trinajstić information content (AvgIpc) is 3.01. The van der Waals surface area contributed by atoms with Gasteiger partial charge in [-0.2, -0.15) is 0 Å². The summed E-state index contributed by atoms with van der Waals surface area (Å²) >= 11 is 0. The number of imide groups is 1. The van der Waals surface area contributed by atoms with Gasteiger partial charge < -0.3 is 10.2 Å². The second-order valence-electron chi connectivity index (χ2n) is 7.87. The van der Waals surface area contributed by atoms with Gasteiger partial charge in [-0.1, -0.05) is 72.8 Å². The van der Waals surface area contributed by atoms with E-state index >= 15 is 0 Å². The first-order valence-corrected chi connectivity index (χ1v) is 10.4. The van der Waals surface area contributed by atoms with Crippen LogP contribution in [0.1, 0.15) is 25.0 Å². The molecule has 1 fully saturated rings. The van der Waals surface area contributed by atoms with E-state index in [0.29, 0.717) is 13.1 Å². The number of benzene rings is 3. The first kappa shape index (κ1) is 20.6. The smallest absolute Gasteiger partial charge is 0.325 e. The number of rotatable bonds is 6. The van der Waals surface area contributed by atoms with Gasteiger partial charge in [0.1, 0.15) is 12.1 Å². The highest BCUT2D eigenvalue weighted by Gasteiger charge is 2.50. The van der Waals surface area contributed by atoms with E-state index in [9.17, 15) is 14.4 Å². The zero-order valence-corrected chi connectivity index (χ0v) is 17.7. The number of urea groups is 1. The molecule has 6 nitrogen and oxygen atoms in total. The van der Waals surface area contributed by atoms with Crippen LogP contribution in [0.4, 0.5) is 4.79 Å². The molecule has 3 aromatic carbocycles. The van der Waals surface area contributed by atoms with Crippen molar-refractivity contribution in [3.8, 4) is 0 Å². The molecule has 1 N–H and O–H groups in total. The van der Waals surface area contributed by atoms with Crippen LogP contribution in [-0.4, -0.2) is 40.7 Å². The van der Waals surface area contributed by atoms with Gasteiger partial charge >= 0.3 is 6.03 Å². The summed E-state index contributed by atoms with van der Waals surface area (Å²) in [6.07, 6.45) is 0. The Bertz CT molecular complexity index is 1140. The SMILES string of the molecule is CCN(Cc1ccccc1)C(=O)CN1C(=O)N[C@](C)(c2cccc3ccccc23)C1=O. The molecule has 1 atom stereocenters. The Morgan fingerprint density at radius 1 is 0.968 bits per heavy atom. The number of hydrogen-bond acceptors (Lipinski definition) is 3. The topological polar surface area (TPSA) is 69.7 Å². The number of hydrogen-bond donors (Lipinski definition) is 1. The number of likely N-dealkylation sites (N-methyl/N-ethyl adjacent to an activating group) is 1. The van der Waals surface area contributed by atoms with E-state index in [2.05, 4.69) is 5.32 Å². The van der Waals surface area contributed by atoms with Crippen LogP contribution in [-0.2, 0) is 21.7 Å². The van der Waals surface area contributed by atoms with Crippen molar-refractivity contribution in [2.75, 3.05) is 13.1 Å². The maximum Gasteiger partial charge on any atom is 0.325 e. The quantitative estimate of drug-likeness (QED) is 0.625. The summed E-state index contributed by atoms with van der Waals surface area (Å²) in [5.41, 5.74) is 0.486. The molecule has 4 rings (SSSR count). The molecular weight excluding hydrogens is 390 g/mol. The number of nitrogens with zero attached hydrogens (tertiary/aromatic N) is 2. The van der Waals surface area contributed by atoms with Crippen LogP contribution in [0.5, 0.6) is 0 Å². The number of amides is 4. The van der Waals surface area contributed by atoms with Crippen molar-refractivity contribution in [3.63, 3.8) is 0 Å². The van der Waals surface area contributed by atoms with Gasteiger partial charge in [-0.25, -0.2) is 4.79 Å². The zero-order chi connectivity index (χ0) is 22.0.